The molecular weight excluding hydrogens is 184 g/mol. The van der Waals surface area contributed by atoms with Gasteiger partial charge in [0, 0.05) is 6.54 Å². The lowest BCUT2D eigenvalue weighted by Crippen LogP contribution is -2.40. The monoisotopic (exact) mass is 202 g/mol. The van der Waals surface area contributed by atoms with E-state index in [-0.39, 0.29) is 6.54 Å². The van der Waals surface area contributed by atoms with Gasteiger partial charge in [-0.1, -0.05) is 26.7 Å². The van der Waals surface area contributed by atoms with Gasteiger partial charge in [0.1, 0.15) is 6.54 Å². The molecule has 2 amide bonds. The summed E-state index contributed by atoms with van der Waals surface area (Å²) < 4.78 is 0. The van der Waals surface area contributed by atoms with Crippen LogP contribution in [0.1, 0.15) is 26.7 Å². The van der Waals surface area contributed by atoms with E-state index in [1.54, 1.807) is 0 Å². The number of urea groups is 1. The minimum Gasteiger partial charge on any atom is -0.480 e. The van der Waals surface area contributed by atoms with Crippen LogP contribution in [0.15, 0.2) is 0 Å². The van der Waals surface area contributed by atoms with Gasteiger partial charge in [0.25, 0.3) is 0 Å². The van der Waals surface area contributed by atoms with Crippen molar-refractivity contribution in [2.24, 2.45) is 5.92 Å². The van der Waals surface area contributed by atoms with Gasteiger partial charge < -0.3 is 15.7 Å². The third-order valence-corrected chi connectivity index (χ3v) is 2.11. The highest BCUT2D eigenvalue weighted by atomic mass is 16.4. The van der Waals surface area contributed by atoms with Gasteiger partial charge in [0.15, 0.2) is 0 Å². The van der Waals surface area contributed by atoms with E-state index in [1.807, 2.05) is 0 Å². The first kappa shape index (κ1) is 12.7. The van der Waals surface area contributed by atoms with E-state index in [2.05, 4.69) is 24.5 Å². The number of hydrogen-bond acceptors (Lipinski definition) is 2. The molecule has 0 radical (unpaired) electrons. The normalized spacial score (nSPS) is 9.93. The van der Waals surface area contributed by atoms with E-state index in [0.717, 1.165) is 12.8 Å². The molecule has 0 aromatic carbocycles. The van der Waals surface area contributed by atoms with Crippen molar-refractivity contribution >= 4 is 12.0 Å². The smallest absolute Gasteiger partial charge is 0.323 e. The molecular formula is C9H18N2O3. The average molecular weight is 202 g/mol. The van der Waals surface area contributed by atoms with Crippen molar-refractivity contribution in [3.05, 3.63) is 0 Å². The van der Waals surface area contributed by atoms with Crippen molar-refractivity contribution in [1.29, 1.82) is 0 Å². The van der Waals surface area contributed by atoms with E-state index in [9.17, 15) is 9.59 Å². The minimum atomic E-state index is -1.04. The first-order valence-corrected chi connectivity index (χ1v) is 4.83. The van der Waals surface area contributed by atoms with Gasteiger partial charge in [-0.25, -0.2) is 4.79 Å². The third-order valence-electron chi connectivity index (χ3n) is 2.11. The van der Waals surface area contributed by atoms with Gasteiger partial charge in [-0.15, -0.1) is 0 Å². The molecule has 0 heterocycles. The summed E-state index contributed by atoms with van der Waals surface area (Å²) in [5.41, 5.74) is 0. The van der Waals surface area contributed by atoms with Crippen LogP contribution >= 0.6 is 0 Å². The molecule has 0 bridgehead atoms. The fourth-order valence-corrected chi connectivity index (χ4v) is 1.03. The Morgan fingerprint density at radius 2 is 1.79 bits per heavy atom. The SMILES string of the molecule is CCC(CC)CNC(=O)NCC(=O)O. The van der Waals surface area contributed by atoms with E-state index in [1.165, 1.54) is 0 Å². The van der Waals surface area contributed by atoms with Crippen molar-refractivity contribution in [3.8, 4) is 0 Å². The van der Waals surface area contributed by atoms with Crippen molar-refractivity contribution in [2.75, 3.05) is 13.1 Å². The highest BCUT2D eigenvalue weighted by molar-refractivity contribution is 5.79. The molecule has 14 heavy (non-hydrogen) atoms. The highest BCUT2D eigenvalue weighted by Gasteiger charge is 2.06. The van der Waals surface area contributed by atoms with Gasteiger partial charge in [0.05, 0.1) is 0 Å². The molecule has 82 valence electrons. The van der Waals surface area contributed by atoms with E-state index in [4.69, 9.17) is 5.11 Å². The number of rotatable bonds is 6. The molecule has 0 aliphatic heterocycles. The zero-order chi connectivity index (χ0) is 11.0. The van der Waals surface area contributed by atoms with Crippen LogP contribution in [0.25, 0.3) is 0 Å². The first-order valence-electron chi connectivity index (χ1n) is 4.83. The molecule has 0 rings (SSSR count). The Hall–Kier alpha value is -1.26. The largest absolute Gasteiger partial charge is 0.480 e. The Kier molecular flexibility index (Phi) is 6.53. The second-order valence-corrected chi connectivity index (χ2v) is 3.14. The number of hydrogen-bond donors (Lipinski definition) is 3. The summed E-state index contributed by atoms with van der Waals surface area (Å²) in [7, 11) is 0. The second-order valence-electron chi connectivity index (χ2n) is 3.14. The molecule has 0 atom stereocenters. The Labute approximate surface area is 83.9 Å². The summed E-state index contributed by atoms with van der Waals surface area (Å²) in [6.45, 7) is 4.38. The maximum atomic E-state index is 11.0. The molecule has 0 aromatic heterocycles. The number of carbonyl (C=O) groups is 2. The summed E-state index contributed by atoms with van der Waals surface area (Å²) in [5.74, 6) is -0.576. The molecule has 0 unspecified atom stereocenters. The van der Waals surface area contributed by atoms with Crippen LogP contribution in [0.5, 0.6) is 0 Å². The van der Waals surface area contributed by atoms with E-state index in [0.29, 0.717) is 12.5 Å². The molecule has 0 spiro atoms. The Morgan fingerprint density at radius 3 is 2.21 bits per heavy atom. The number of aliphatic carboxylic acids is 1. The van der Waals surface area contributed by atoms with Gasteiger partial charge in [-0.05, 0) is 5.92 Å². The summed E-state index contributed by atoms with van der Waals surface area (Å²) in [4.78, 5) is 21.1. The summed E-state index contributed by atoms with van der Waals surface area (Å²) in [6.07, 6.45) is 2.02. The number of carbonyl (C=O) groups excluding carboxylic acids is 1. The maximum absolute atomic E-state index is 11.0. The minimum absolute atomic E-state index is 0.339. The van der Waals surface area contributed by atoms with Crippen LogP contribution in [0, 0.1) is 5.92 Å². The third kappa shape index (κ3) is 6.28. The molecule has 0 saturated heterocycles. The number of carboxylic acid groups (broad SMARTS) is 1. The van der Waals surface area contributed by atoms with Crippen LogP contribution in [0.2, 0.25) is 0 Å². The molecule has 0 aliphatic rings. The number of nitrogens with one attached hydrogen (secondary N) is 2. The summed E-state index contributed by atoms with van der Waals surface area (Å²) in [6, 6.07) is -0.417. The van der Waals surface area contributed by atoms with Crippen molar-refractivity contribution in [3.63, 3.8) is 0 Å². The van der Waals surface area contributed by atoms with Crippen molar-refractivity contribution in [1.82, 2.24) is 10.6 Å². The molecule has 0 saturated carbocycles. The van der Waals surface area contributed by atoms with Crippen molar-refractivity contribution in [2.45, 2.75) is 26.7 Å². The zero-order valence-electron chi connectivity index (χ0n) is 8.67. The predicted octanol–water partition coefficient (Wildman–Crippen LogP) is 0.806. The lowest BCUT2D eigenvalue weighted by Gasteiger charge is -2.13. The fourth-order valence-electron chi connectivity index (χ4n) is 1.03. The molecule has 0 aliphatic carbocycles. The van der Waals surface area contributed by atoms with Gasteiger partial charge in [-0.2, -0.15) is 0 Å². The number of amides is 2. The van der Waals surface area contributed by atoms with Gasteiger partial charge in [0.2, 0.25) is 0 Å². The van der Waals surface area contributed by atoms with Crippen LogP contribution in [-0.2, 0) is 4.79 Å². The molecule has 5 heteroatoms. The van der Waals surface area contributed by atoms with Crippen LogP contribution in [0.3, 0.4) is 0 Å². The van der Waals surface area contributed by atoms with Crippen LogP contribution in [0.4, 0.5) is 4.79 Å². The summed E-state index contributed by atoms with van der Waals surface area (Å²) >= 11 is 0. The molecule has 3 N–H and O–H groups in total. The lowest BCUT2D eigenvalue weighted by atomic mass is 10.0. The predicted molar refractivity (Wildman–Crippen MR) is 53.1 cm³/mol. The molecule has 5 nitrogen and oxygen atoms in total. The Balaban J connectivity index is 3.57. The summed E-state index contributed by atoms with van der Waals surface area (Å²) in [5, 5.41) is 13.2. The molecule has 0 aromatic rings. The number of carboxylic acids is 1. The first-order chi connectivity index (χ1) is 6.60. The quantitative estimate of drug-likeness (QED) is 0.596. The van der Waals surface area contributed by atoms with Crippen LogP contribution < -0.4 is 10.6 Å². The second kappa shape index (κ2) is 7.17. The zero-order valence-corrected chi connectivity index (χ0v) is 8.67. The van der Waals surface area contributed by atoms with E-state index >= 15 is 0 Å². The Bertz CT molecular complexity index is 190. The topological polar surface area (TPSA) is 78.4 Å². The molecule has 0 fully saturated rings. The van der Waals surface area contributed by atoms with Gasteiger partial charge >= 0.3 is 12.0 Å². The standard InChI is InChI=1S/C9H18N2O3/c1-3-7(4-2)5-10-9(14)11-6-8(12)13/h7H,3-6H2,1-2H3,(H,12,13)(H2,10,11,14). The van der Waals surface area contributed by atoms with Gasteiger partial charge in [-0.3, -0.25) is 4.79 Å². The van der Waals surface area contributed by atoms with Crippen molar-refractivity contribution < 1.29 is 14.7 Å². The average Bonchev–Trinajstić information content (AvgIpc) is 2.16. The maximum Gasteiger partial charge on any atom is 0.323 e. The fraction of sp³-hybridized carbons (Fsp3) is 0.778. The highest BCUT2D eigenvalue weighted by Crippen LogP contribution is 2.04. The van der Waals surface area contributed by atoms with E-state index < -0.39 is 12.0 Å². The lowest BCUT2D eigenvalue weighted by molar-refractivity contribution is -0.135. The Morgan fingerprint density at radius 1 is 1.21 bits per heavy atom. The van der Waals surface area contributed by atoms with Crippen LogP contribution in [-0.4, -0.2) is 30.2 Å².